The summed E-state index contributed by atoms with van der Waals surface area (Å²) in [6.45, 7) is 6.19. The summed E-state index contributed by atoms with van der Waals surface area (Å²) in [5.41, 5.74) is 1.31. The van der Waals surface area contributed by atoms with Gasteiger partial charge in [0.15, 0.2) is 0 Å². The summed E-state index contributed by atoms with van der Waals surface area (Å²) in [6, 6.07) is 10.4. The molecule has 2 aliphatic rings. The Bertz CT molecular complexity index is 521. The fraction of sp³-hybridized carbons (Fsp3) is 0.556. The summed E-state index contributed by atoms with van der Waals surface area (Å²) in [7, 11) is 2.03. The molecule has 2 fully saturated rings. The van der Waals surface area contributed by atoms with E-state index in [0.29, 0.717) is 12.8 Å². The van der Waals surface area contributed by atoms with Crippen LogP contribution in [-0.4, -0.2) is 67.9 Å². The number of benzene rings is 1. The zero-order valence-corrected chi connectivity index (χ0v) is 14.5. The van der Waals surface area contributed by atoms with Crippen molar-refractivity contribution in [2.24, 2.45) is 0 Å². The lowest BCUT2D eigenvalue weighted by atomic mass is 10.2. The number of amides is 2. The van der Waals surface area contributed by atoms with Crippen molar-refractivity contribution in [1.82, 2.24) is 20.4 Å². The molecule has 0 atom stereocenters. The second-order valence-corrected chi connectivity index (χ2v) is 6.26. The Kier molecular flexibility index (Phi) is 7.71. The Balaban J connectivity index is 0.000000198. The number of carbonyl (C=O) groups excluding carboxylic acids is 2. The van der Waals surface area contributed by atoms with E-state index in [9.17, 15) is 9.59 Å². The number of likely N-dealkylation sites (N-methyl/N-ethyl adjacent to an activating group) is 1. The van der Waals surface area contributed by atoms with E-state index in [1.165, 1.54) is 5.56 Å². The van der Waals surface area contributed by atoms with Crippen molar-refractivity contribution >= 4 is 11.8 Å². The molecule has 2 aliphatic heterocycles. The standard InChI is InChI=1S/C12H16N2O.C6H12N2O/c15-12-6-8-14(9-7-13-12)10-11-4-2-1-3-5-11;1-8-4-2-6(9)7-3-5-8/h1-5H,6-10H2,(H,13,15);2-5H2,1H3,(H,7,9). The first kappa shape index (κ1) is 18.4. The third kappa shape index (κ3) is 7.10. The lowest BCUT2D eigenvalue weighted by Gasteiger charge is -2.18. The number of hydrogen-bond acceptors (Lipinski definition) is 4. The van der Waals surface area contributed by atoms with Crippen LogP contribution in [0.3, 0.4) is 0 Å². The van der Waals surface area contributed by atoms with Crippen molar-refractivity contribution in [3.05, 3.63) is 35.9 Å². The van der Waals surface area contributed by atoms with Crippen LogP contribution >= 0.6 is 0 Å². The topological polar surface area (TPSA) is 64.7 Å². The third-order valence-corrected chi connectivity index (χ3v) is 4.19. The van der Waals surface area contributed by atoms with E-state index in [-0.39, 0.29) is 11.8 Å². The van der Waals surface area contributed by atoms with Crippen LogP contribution in [-0.2, 0) is 16.1 Å². The summed E-state index contributed by atoms with van der Waals surface area (Å²) >= 11 is 0. The molecule has 0 unspecified atom stereocenters. The van der Waals surface area contributed by atoms with E-state index in [2.05, 4.69) is 44.7 Å². The van der Waals surface area contributed by atoms with Gasteiger partial charge in [-0.25, -0.2) is 0 Å². The fourth-order valence-electron chi connectivity index (χ4n) is 2.69. The number of rotatable bonds is 2. The lowest BCUT2D eigenvalue weighted by molar-refractivity contribution is -0.121. The number of carbonyl (C=O) groups is 2. The minimum absolute atomic E-state index is 0.172. The summed E-state index contributed by atoms with van der Waals surface area (Å²) in [5.74, 6) is 0.352. The maximum atomic E-state index is 11.1. The summed E-state index contributed by atoms with van der Waals surface area (Å²) in [6.07, 6.45) is 1.27. The van der Waals surface area contributed by atoms with E-state index in [0.717, 1.165) is 45.8 Å². The number of nitrogens with zero attached hydrogens (tertiary/aromatic N) is 2. The SMILES string of the molecule is CN1CCNC(=O)CC1.O=C1CCN(Cc2ccccc2)CCN1. The van der Waals surface area contributed by atoms with Crippen LogP contribution in [0.25, 0.3) is 0 Å². The molecule has 1 aromatic carbocycles. The zero-order valence-electron chi connectivity index (χ0n) is 14.5. The van der Waals surface area contributed by atoms with Crippen molar-refractivity contribution in [3.63, 3.8) is 0 Å². The smallest absolute Gasteiger partial charge is 0.221 e. The molecule has 0 saturated carbocycles. The quantitative estimate of drug-likeness (QED) is 0.825. The first-order valence-corrected chi connectivity index (χ1v) is 8.62. The molecule has 2 heterocycles. The molecule has 0 bridgehead atoms. The zero-order chi connectivity index (χ0) is 17.2. The second kappa shape index (κ2) is 10.1. The molecular formula is C18H28N4O2. The van der Waals surface area contributed by atoms with Crippen LogP contribution in [0.4, 0.5) is 0 Å². The highest BCUT2D eigenvalue weighted by Gasteiger charge is 2.12. The average molecular weight is 332 g/mol. The highest BCUT2D eigenvalue weighted by Crippen LogP contribution is 2.05. The predicted molar refractivity (Wildman–Crippen MR) is 94.5 cm³/mol. The van der Waals surface area contributed by atoms with Crippen LogP contribution in [0, 0.1) is 0 Å². The molecule has 6 nitrogen and oxygen atoms in total. The number of hydrogen-bond donors (Lipinski definition) is 2. The largest absolute Gasteiger partial charge is 0.355 e. The molecule has 24 heavy (non-hydrogen) atoms. The van der Waals surface area contributed by atoms with Gasteiger partial charge in [0.25, 0.3) is 0 Å². The predicted octanol–water partition coefficient (Wildman–Crippen LogP) is 0.447. The van der Waals surface area contributed by atoms with Crippen molar-refractivity contribution in [1.29, 1.82) is 0 Å². The van der Waals surface area contributed by atoms with Gasteiger partial charge in [-0.2, -0.15) is 0 Å². The van der Waals surface area contributed by atoms with Gasteiger partial charge in [-0.05, 0) is 12.6 Å². The van der Waals surface area contributed by atoms with E-state index in [1.807, 2.05) is 13.1 Å². The third-order valence-electron chi connectivity index (χ3n) is 4.19. The Labute approximate surface area is 144 Å². The van der Waals surface area contributed by atoms with Crippen LogP contribution in [0.15, 0.2) is 30.3 Å². The second-order valence-electron chi connectivity index (χ2n) is 6.26. The average Bonchev–Trinajstić information content (AvgIpc) is 2.90. The van der Waals surface area contributed by atoms with Crippen molar-refractivity contribution in [2.45, 2.75) is 19.4 Å². The van der Waals surface area contributed by atoms with Gasteiger partial charge in [0.2, 0.25) is 11.8 Å². The van der Waals surface area contributed by atoms with Gasteiger partial charge >= 0.3 is 0 Å². The van der Waals surface area contributed by atoms with Gasteiger partial charge in [-0.15, -0.1) is 0 Å². The molecule has 2 N–H and O–H groups in total. The molecule has 0 radical (unpaired) electrons. The Morgan fingerprint density at radius 1 is 0.875 bits per heavy atom. The Morgan fingerprint density at radius 3 is 2.21 bits per heavy atom. The Hall–Kier alpha value is -1.92. The van der Waals surface area contributed by atoms with Gasteiger partial charge in [0.1, 0.15) is 0 Å². The molecule has 2 saturated heterocycles. The fourth-order valence-corrected chi connectivity index (χ4v) is 2.69. The van der Waals surface area contributed by atoms with Crippen molar-refractivity contribution < 1.29 is 9.59 Å². The first-order valence-electron chi connectivity index (χ1n) is 8.62. The maximum Gasteiger partial charge on any atom is 0.221 e. The Morgan fingerprint density at radius 2 is 1.50 bits per heavy atom. The van der Waals surface area contributed by atoms with Gasteiger partial charge < -0.3 is 15.5 Å². The minimum Gasteiger partial charge on any atom is -0.355 e. The highest BCUT2D eigenvalue weighted by atomic mass is 16.2. The number of nitrogens with one attached hydrogen (secondary N) is 2. The molecule has 6 heteroatoms. The lowest BCUT2D eigenvalue weighted by Crippen LogP contribution is -2.28. The van der Waals surface area contributed by atoms with Crippen LogP contribution in [0.2, 0.25) is 0 Å². The molecule has 2 amide bonds. The molecule has 0 aromatic heterocycles. The maximum absolute atomic E-state index is 11.1. The van der Waals surface area contributed by atoms with E-state index in [1.54, 1.807) is 0 Å². The van der Waals surface area contributed by atoms with Gasteiger partial charge in [0, 0.05) is 58.7 Å². The van der Waals surface area contributed by atoms with Gasteiger partial charge in [0.05, 0.1) is 0 Å². The molecule has 3 rings (SSSR count). The van der Waals surface area contributed by atoms with Crippen molar-refractivity contribution in [2.75, 3.05) is 46.3 Å². The van der Waals surface area contributed by atoms with Gasteiger partial charge in [-0.1, -0.05) is 30.3 Å². The molecule has 0 spiro atoms. The van der Waals surface area contributed by atoms with E-state index >= 15 is 0 Å². The van der Waals surface area contributed by atoms with Crippen molar-refractivity contribution in [3.8, 4) is 0 Å². The molecule has 0 aliphatic carbocycles. The molecule has 132 valence electrons. The van der Waals surface area contributed by atoms with Crippen LogP contribution in [0.5, 0.6) is 0 Å². The van der Waals surface area contributed by atoms with E-state index < -0.39 is 0 Å². The monoisotopic (exact) mass is 332 g/mol. The van der Waals surface area contributed by atoms with E-state index in [4.69, 9.17) is 0 Å². The van der Waals surface area contributed by atoms with Crippen LogP contribution in [0.1, 0.15) is 18.4 Å². The first-order chi connectivity index (χ1) is 11.6. The summed E-state index contributed by atoms with van der Waals surface area (Å²) in [4.78, 5) is 26.3. The molecule has 1 aromatic rings. The summed E-state index contributed by atoms with van der Waals surface area (Å²) in [5, 5.41) is 5.67. The normalized spacial score (nSPS) is 20.0. The molecular weight excluding hydrogens is 304 g/mol. The summed E-state index contributed by atoms with van der Waals surface area (Å²) < 4.78 is 0. The minimum atomic E-state index is 0.172. The van der Waals surface area contributed by atoms with Gasteiger partial charge in [-0.3, -0.25) is 14.5 Å². The van der Waals surface area contributed by atoms with Crippen LogP contribution < -0.4 is 10.6 Å². The highest BCUT2D eigenvalue weighted by molar-refractivity contribution is 5.76.